The summed E-state index contributed by atoms with van der Waals surface area (Å²) in [4.78, 5) is 25.9. The van der Waals surface area contributed by atoms with E-state index in [0.29, 0.717) is 5.56 Å². The molecule has 0 aliphatic carbocycles. The molecule has 134 valence electrons. The van der Waals surface area contributed by atoms with Crippen molar-refractivity contribution in [3.05, 3.63) is 36.0 Å². The lowest BCUT2D eigenvalue weighted by molar-refractivity contribution is 0.0713. The van der Waals surface area contributed by atoms with Gasteiger partial charge in [0.05, 0.1) is 37.2 Å². The first-order valence-electron chi connectivity index (χ1n) is 8.12. The Labute approximate surface area is 144 Å². The fraction of sp³-hybridized carbons (Fsp3) is 0.500. The van der Waals surface area contributed by atoms with Crippen molar-refractivity contribution in [2.45, 2.75) is 45.1 Å². The zero-order valence-electron chi connectivity index (χ0n) is 14.1. The second kappa shape index (κ2) is 7.04. The van der Waals surface area contributed by atoms with Gasteiger partial charge in [-0.05, 0) is 19.9 Å². The van der Waals surface area contributed by atoms with E-state index < -0.39 is 6.17 Å². The quantitative estimate of drug-likeness (QED) is 0.877. The van der Waals surface area contributed by atoms with E-state index >= 15 is 0 Å². The molecule has 0 spiro atoms. The van der Waals surface area contributed by atoms with E-state index in [0.717, 1.165) is 0 Å². The maximum Gasteiger partial charge on any atom is 0.273 e. The van der Waals surface area contributed by atoms with Crippen molar-refractivity contribution in [1.82, 2.24) is 25.2 Å². The third-order valence-corrected chi connectivity index (χ3v) is 3.98. The summed E-state index contributed by atoms with van der Waals surface area (Å²) < 4.78 is 20.3. The van der Waals surface area contributed by atoms with Gasteiger partial charge in [-0.15, -0.1) is 5.10 Å². The van der Waals surface area contributed by atoms with Gasteiger partial charge in [0.15, 0.2) is 5.69 Å². The van der Waals surface area contributed by atoms with Crippen LogP contribution in [0.25, 0.3) is 0 Å². The number of carbonyl (C=O) groups excluding carboxylic acids is 2. The molecule has 0 saturated carbocycles. The van der Waals surface area contributed by atoms with Crippen molar-refractivity contribution in [3.8, 4) is 0 Å². The molecular formula is C16H20FN5O3. The van der Waals surface area contributed by atoms with Crippen LogP contribution >= 0.6 is 0 Å². The van der Waals surface area contributed by atoms with Crippen LogP contribution in [0.4, 0.5) is 4.39 Å². The molecule has 3 rings (SSSR count). The van der Waals surface area contributed by atoms with Gasteiger partial charge in [-0.1, -0.05) is 5.21 Å². The van der Waals surface area contributed by atoms with Crippen molar-refractivity contribution in [2.75, 3.05) is 6.54 Å². The first kappa shape index (κ1) is 17.1. The average molecular weight is 349 g/mol. The smallest absolute Gasteiger partial charge is 0.273 e. The largest absolute Gasteiger partial charge is 0.472 e. The van der Waals surface area contributed by atoms with E-state index in [1.165, 1.54) is 28.3 Å². The normalized spacial score (nSPS) is 20.2. The number of aromatic nitrogens is 3. The van der Waals surface area contributed by atoms with Gasteiger partial charge in [0.25, 0.3) is 11.8 Å². The van der Waals surface area contributed by atoms with Crippen LogP contribution in [0.15, 0.2) is 29.2 Å². The molecular weight excluding hydrogens is 329 g/mol. The number of amides is 2. The van der Waals surface area contributed by atoms with Crippen LogP contribution in [0, 0.1) is 0 Å². The number of likely N-dealkylation sites (tertiary alicyclic amines) is 1. The molecule has 2 aromatic heterocycles. The Balaban J connectivity index is 1.69. The highest BCUT2D eigenvalue weighted by Crippen LogP contribution is 2.24. The number of hydrogen-bond acceptors (Lipinski definition) is 5. The van der Waals surface area contributed by atoms with Gasteiger partial charge in [-0.2, -0.15) is 0 Å². The van der Waals surface area contributed by atoms with Crippen LogP contribution in [-0.2, 0) is 6.54 Å². The Morgan fingerprint density at radius 2 is 2.28 bits per heavy atom. The zero-order chi connectivity index (χ0) is 18.0. The Hall–Kier alpha value is -2.71. The molecule has 1 fully saturated rings. The maximum atomic E-state index is 13.9. The highest BCUT2D eigenvalue weighted by Gasteiger charge is 2.36. The summed E-state index contributed by atoms with van der Waals surface area (Å²) in [6.45, 7) is 4.00. The lowest BCUT2D eigenvalue weighted by Gasteiger charge is -2.23. The van der Waals surface area contributed by atoms with Crippen LogP contribution in [-0.4, -0.2) is 56.5 Å². The van der Waals surface area contributed by atoms with Gasteiger partial charge in [0.1, 0.15) is 12.4 Å². The van der Waals surface area contributed by atoms with E-state index in [9.17, 15) is 14.0 Å². The minimum atomic E-state index is -1.09. The van der Waals surface area contributed by atoms with E-state index in [2.05, 4.69) is 15.6 Å². The zero-order valence-corrected chi connectivity index (χ0v) is 14.1. The summed E-state index contributed by atoms with van der Waals surface area (Å²) >= 11 is 0. The van der Waals surface area contributed by atoms with Gasteiger partial charge in [-0.25, -0.2) is 9.07 Å². The first-order valence-corrected chi connectivity index (χ1v) is 8.12. The summed E-state index contributed by atoms with van der Waals surface area (Å²) in [5, 5.41) is 10.5. The van der Waals surface area contributed by atoms with E-state index in [4.69, 9.17) is 4.42 Å². The van der Waals surface area contributed by atoms with Gasteiger partial charge in [-0.3, -0.25) is 9.59 Å². The number of nitrogens with one attached hydrogen (secondary N) is 1. The van der Waals surface area contributed by atoms with Crippen molar-refractivity contribution >= 4 is 11.8 Å². The molecule has 0 radical (unpaired) electrons. The van der Waals surface area contributed by atoms with Crippen molar-refractivity contribution in [1.29, 1.82) is 0 Å². The van der Waals surface area contributed by atoms with Gasteiger partial charge in [0.2, 0.25) is 0 Å². The average Bonchev–Trinajstić information content (AvgIpc) is 3.27. The Morgan fingerprint density at radius 3 is 2.96 bits per heavy atom. The molecule has 1 aliphatic heterocycles. The van der Waals surface area contributed by atoms with Crippen molar-refractivity contribution < 1.29 is 18.4 Å². The molecule has 2 amide bonds. The first-order chi connectivity index (χ1) is 11.9. The molecule has 0 bridgehead atoms. The Morgan fingerprint density at radius 1 is 1.48 bits per heavy atom. The molecule has 9 heteroatoms. The molecule has 3 heterocycles. The summed E-state index contributed by atoms with van der Waals surface area (Å²) in [5.74, 6) is -0.598. The van der Waals surface area contributed by atoms with E-state index in [1.807, 2.05) is 13.8 Å². The third kappa shape index (κ3) is 3.86. The van der Waals surface area contributed by atoms with Gasteiger partial charge < -0.3 is 14.6 Å². The van der Waals surface area contributed by atoms with Crippen molar-refractivity contribution in [2.24, 2.45) is 0 Å². The number of carbonyl (C=O) groups is 2. The molecule has 1 aliphatic rings. The van der Waals surface area contributed by atoms with E-state index in [1.54, 1.807) is 6.07 Å². The van der Waals surface area contributed by atoms with Gasteiger partial charge >= 0.3 is 0 Å². The summed E-state index contributed by atoms with van der Waals surface area (Å²) in [7, 11) is 0. The number of rotatable bonds is 5. The number of halogens is 1. The summed E-state index contributed by atoms with van der Waals surface area (Å²) in [5.41, 5.74) is 0.575. The van der Waals surface area contributed by atoms with Crippen LogP contribution in [0.3, 0.4) is 0 Å². The topological polar surface area (TPSA) is 93.3 Å². The maximum absolute atomic E-state index is 13.9. The molecule has 2 aromatic rings. The second-order valence-electron chi connectivity index (χ2n) is 6.41. The second-order valence-corrected chi connectivity index (χ2v) is 6.41. The van der Waals surface area contributed by atoms with Crippen LogP contribution in [0.1, 0.15) is 41.1 Å². The van der Waals surface area contributed by atoms with Gasteiger partial charge in [0, 0.05) is 12.5 Å². The van der Waals surface area contributed by atoms with E-state index in [-0.39, 0.29) is 49.1 Å². The SMILES string of the molecule is CC(C)NC(=O)c1cn(C[C@@H]2C[C@H](F)CN2C(=O)c2ccoc2)nn1. The number of alkyl halides is 1. The highest BCUT2D eigenvalue weighted by atomic mass is 19.1. The minimum absolute atomic E-state index is 0.0112. The lowest BCUT2D eigenvalue weighted by atomic mass is 10.2. The summed E-state index contributed by atoms with van der Waals surface area (Å²) in [6.07, 6.45) is 3.38. The number of nitrogens with zero attached hydrogens (tertiary/aromatic N) is 4. The molecule has 2 atom stereocenters. The Bertz CT molecular complexity index is 743. The molecule has 8 nitrogen and oxygen atoms in total. The number of hydrogen-bond donors (Lipinski definition) is 1. The minimum Gasteiger partial charge on any atom is -0.472 e. The van der Waals surface area contributed by atoms with Crippen LogP contribution < -0.4 is 5.32 Å². The Kier molecular flexibility index (Phi) is 4.82. The molecule has 1 N–H and O–H groups in total. The molecule has 0 aromatic carbocycles. The predicted octanol–water partition coefficient (Wildman–Crippen LogP) is 1.26. The predicted molar refractivity (Wildman–Crippen MR) is 85.7 cm³/mol. The fourth-order valence-corrected chi connectivity index (χ4v) is 2.88. The molecule has 0 unspecified atom stereocenters. The van der Waals surface area contributed by atoms with Crippen molar-refractivity contribution in [3.63, 3.8) is 0 Å². The van der Waals surface area contributed by atoms with Crippen LogP contribution in [0.2, 0.25) is 0 Å². The monoisotopic (exact) mass is 349 g/mol. The summed E-state index contributed by atoms with van der Waals surface area (Å²) in [6, 6.07) is 1.18. The number of furan rings is 1. The third-order valence-electron chi connectivity index (χ3n) is 3.98. The molecule has 1 saturated heterocycles. The van der Waals surface area contributed by atoms with Crippen LogP contribution in [0.5, 0.6) is 0 Å². The lowest BCUT2D eigenvalue weighted by Crippen LogP contribution is -2.38. The standard InChI is InChI=1S/C16H20FN5O3/c1-10(2)18-15(23)14-8-21(20-19-14)7-13-5-12(17)6-22(13)16(24)11-3-4-25-9-11/h3-4,8-10,12-13H,5-7H2,1-2H3,(H,18,23)/t12-,13-/m0/s1. The fourth-order valence-electron chi connectivity index (χ4n) is 2.88. The molecule has 25 heavy (non-hydrogen) atoms. The highest BCUT2D eigenvalue weighted by molar-refractivity contribution is 5.94.